The molecule has 5 heteroatoms. The predicted octanol–water partition coefficient (Wildman–Crippen LogP) is 3.12. The zero-order valence-corrected chi connectivity index (χ0v) is 10.1. The van der Waals surface area contributed by atoms with Crippen LogP contribution in [0.25, 0.3) is 0 Å². The Kier molecular flexibility index (Phi) is 8.66. The fraction of sp³-hybridized carbons (Fsp3) is 1.00. The van der Waals surface area contributed by atoms with Crippen LogP contribution in [-0.2, 0) is 4.74 Å². The molecule has 2 nitrogen and oxygen atoms in total. The third kappa shape index (κ3) is 8.97. The molecule has 0 spiro atoms. The van der Waals surface area contributed by atoms with Crippen LogP contribution >= 0.6 is 0 Å². The van der Waals surface area contributed by atoms with Gasteiger partial charge in [-0.3, -0.25) is 0 Å². The van der Waals surface area contributed by atoms with Crippen molar-refractivity contribution in [3.05, 3.63) is 0 Å². The molecule has 0 aliphatic heterocycles. The molecule has 0 saturated carbocycles. The first-order chi connectivity index (χ1) is 7.48. The summed E-state index contributed by atoms with van der Waals surface area (Å²) in [5.41, 5.74) is 0. The number of ether oxygens (including phenoxy) is 1. The summed E-state index contributed by atoms with van der Waals surface area (Å²) >= 11 is 0. The van der Waals surface area contributed by atoms with Crippen LogP contribution in [0.1, 0.15) is 39.5 Å². The van der Waals surface area contributed by atoms with Crippen molar-refractivity contribution >= 4 is 0 Å². The van der Waals surface area contributed by atoms with Gasteiger partial charge in [0, 0.05) is 6.61 Å². The smallest absolute Gasteiger partial charge is 0.369 e. The molecule has 0 heterocycles. The van der Waals surface area contributed by atoms with Crippen LogP contribution in [0.3, 0.4) is 0 Å². The van der Waals surface area contributed by atoms with E-state index in [1.54, 1.807) is 0 Å². The first-order valence-corrected chi connectivity index (χ1v) is 5.87. The molecule has 1 atom stereocenters. The van der Waals surface area contributed by atoms with Crippen molar-refractivity contribution in [3.8, 4) is 0 Å². The van der Waals surface area contributed by atoms with E-state index < -0.39 is 12.3 Å². The minimum absolute atomic E-state index is 0.196. The number of unbranched alkanes of at least 4 members (excludes halogenated alkanes) is 3. The minimum atomic E-state index is -4.23. The molecule has 16 heavy (non-hydrogen) atoms. The first-order valence-electron chi connectivity index (χ1n) is 5.87. The predicted molar refractivity (Wildman–Crippen MR) is 58.5 cm³/mol. The van der Waals surface area contributed by atoms with E-state index in [0.29, 0.717) is 6.42 Å². The minimum Gasteiger partial charge on any atom is -0.369 e. The standard InChI is InChI=1S/C11H22F3NO/c1-3-15-8-6-4-5-7-9-16-10(2)11(12,13)14/h10,15H,3-9H2,1-2H3. The third-order valence-corrected chi connectivity index (χ3v) is 2.33. The molecule has 1 unspecified atom stereocenters. The molecule has 0 aromatic rings. The highest BCUT2D eigenvalue weighted by atomic mass is 19.4. The Hall–Kier alpha value is -0.290. The van der Waals surface area contributed by atoms with Gasteiger partial charge in [0.2, 0.25) is 0 Å². The lowest BCUT2D eigenvalue weighted by atomic mass is 10.2. The summed E-state index contributed by atoms with van der Waals surface area (Å²) in [6.07, 6.45) is -2.14. The summed E-state index contributed by atoms with van der Waals surface area (Å²) < 4.78 is 40.8. The summed E-state index contributed by atoms with van der Waals surface area (Å²) in [6, 6.07) is 0. The Bertz CT molecular complexity index is 162. The molecule has 0 aliphatic rings. The topological polar surface area (TPSA) is 21.3 Å². The van der Waals surface area contributed by atoms with Crippen LogP contribution in [0.4, 0.5) is 13.2 Å². The van der Waals surface area contributed by atoms with Gasteiger partial charge in [-0.05, 0) is 32.9 Å². The average Bonchev–Trinajstić information content (AvgIpc) is 2.20. The number of halogens is 3. The maximum absolute atomic E-state index is 12.0. The van der Waals surface area contributed by atoms with Gasteiger partial charge in [-0.15, -0.1) is 0 Å². The van der Waals surface area contributed by atoms with Crippen molar-refractivity contribution in [1.29, 1.82) is 0 Å². The highest BCUT2D eigenvalue weighted by Crippen LogP contribution is 2.22. The molecule has 0 bridgehead atoms. The van der Waals surface area contributed by atoms with E-state index in [2.05, 4.69) is 5.32 Å². The monoisotopic (exact) mass is 241 g/mol. The van der Waals surface area contributed by atoms with E-state index >= 15 is 0 Å². The van der Waals surface area contributed by atoms with Crippen molar-refractivity contribution in [2.75, 3.05) is 19.7 Å². The van der Waals surface area contributed by atoms with Crippen LogP contribution in [0, 0.1) is 0 Å². The summed E-state index contributed by atoms with van der Waals surface area (Å²) in [4.78, 5) is 0. The van der Waals surface area contributed by atoms with E-state index in [-0.39, 0.29) is 6.61 Å². The van der Waals surface area contributed by atoms with Crippen LogP contribution in [-0.4, -0.2) is 32.0 Å². The zero-order valence-electron chi connectivity index (χ0n) is 10.1. The summed E-state index contributed by atoms with van der Waals surface area (Å²) in [6.45, 7) is 5.24. The average molecular weight is 241 g/mol. The molecule has 0 aromatic heterocycles. The largest absolute Gasteiger partial charge is 0.414 e. The molecule has 0 amide bonds. The Morgan fingerprint density at radius 2 is 1.75 bits per heavy atom. The third-order valence-electron chi connectivity index (χ3n) is 2.33. The van der Waals surface area contributed by atoms with Gasteiger partial charge in [-0.2, -0.15) is 13.2 Å². The molecule has 0 saturated heterocycles. The van der Waals surface area contributed by atoms with Gasteiger partial charge in [-0.25, -0.2) is 0 Å². The zero-order chi connectivity index (χ0) is 12.4. The van der Waals surface area contributed by atoms with Gasteiger partial charge in [0.25, 0.3) is 0 Å². The Balaban J connectivity index is 3.21. The fourth-order valence-corrected chi connectivity index (χ4v) is 1.24. The van der Waals surface area contributed by atoms with Crippen molar-refractivity contribution in [2.24, 2.45) is 0 Å². The number of hydrogen-bond donors (Lipinski definition) is 1. The number of rotatable bonds is 9. The SMILES string of the molecule is CCNCCCCCCOC(C)C(F)(F)F. The van der Waals surface area contributed by atoms with E-state index in [0.717, 1.165) is 39.3 Å². The van der Waals surface area contributed by atoms with E-state index in [4.69, 9.17) is 4.74 Å². The first kappa shape index (κ1) is 15.7. The van der Waals surface area contributed by atoms with Crippen LogP contribution in [0.15, 0.2) is 0 Å². The lowest BCUT2D eigenvalue weighted by Gasteiger charge is -2.16. The summed E-state index contributed by atoms with van der Waals surface area (Å²) in [5, 5.41) is 3.20. The van der Waals surface area contributed by atoms with Crippen molar-refractivity contribution in [2.45, 2.75) is 51.8 Å². The molecule has 0 aromatic carbocycles. The molecule has 0 aliphatic carbocycles. The molecule has 0 rings (SSSR count). The van der Waals surface area contributed by atoms with Crippen LogP contribution < -0.4 is 5.32 Å². The number of alkyl halides is 3. The number of nitrogens with one attached hydrogen (secondary N) is 1. The number of hydrogen-bond acceptors (Lipinski definition) is 2. The van der Waals surface area contributed by atoms with Crippen LogP contribution in [0.2, 0.25) is 0 Å². The second-order valence-electron chi connectivity index (χ2n) is 3.82. The fourth-order valence-electron chi connectivity index (χ4n) is 1.24. The summed E-state index contributed by atoms with van der Waals surface area (Å²) in [7, 11) is 0. The second kappa shape index (κ2) is 8.82. The maximum Gasteiger partial charge on any atom is 0.414 e. The lowest BCUT2D eigenvalue weighted by Crippen LogP contribution is -2.28. The van der Waals surface area contributed by atoms with Gasteiger partial charge >= 0.3 is 6.18 Å². The van der Waals surface area contributed by atoms with Crippen molar-refractivity contribution < 1.29 is 17.9 Å². The Morgan fingerprint density at radius 3 is 2.31 bits per heavy atom. The lowest BCUT2D eigenvalue weighted by molar-refractivity contribution is -0.214. The van der Waals surface area contributed by atoms with Gasteiger partial charge in [0.1, 0.15) is 0 Å². The van der Waals surface area contributed by atoms with Crippen LogP contribution in [0.5, 0.6) is 0 Å². The molecule has 0 fully saturated rings. The quantitative estimate of drug-likeness (QED) is 0.626. The van der Waals surface area contributed by atoms with Crippen molar-refractivity contribution in [3.63, 3.8) is 0 Å². The van der Waals surface area contributed by atoms with Gasteiger partial charge in [0.05, 0.1) is 0 Å². The molecular weight excluding hydrogens is 219 g/mol. The molecule has 1 N–H and O–H groups in total. The van der Waals surface area contributed by atoms with E-state index in [1.807, 2.05) is 6.92 Å². The molecular formula is C11H22F3NO. The second-order valence-corrected chi connectivity index (χ2v) is 3.82. The van der Waals surface area contributed by atoms with Gasteiger partial charge in [0.15, 0.2) is 6.10 Å². The Morgan fingerprint density at radius 1 is 1.12 bits per heavy atom. The highest BCUT2D eigenvalue weighted by Gasteiger charge is 2.36. The molecule has 98 valence electrons. The molecule has 0 radical (unpaired) electrons. The van der Waals surface area contributed by atoms with E-state index in [9.17, 15) is 13.2 Å². The Labute approximate surface area is 95.5 Å². The normalized spacial score (nSPS) is 14.1. The van der Waals surface area contributed by atoms with Crippen molar-refractivity contribution in [1.82, 2.24) is 5.32 Å². The maximum atomic E-state index is 12.0. The highest BCUT2D eigenvalue weighted by molar-refractivity contribution is 4.60. The van der Waals surface area contributed by atoms with Gasteiger partial charge < -0.3 is 10.1 Å². The van der Waals surface area contributed by atoms with E-state index in [1.165, 1.54) is 0 Å². The summed E-state index contributed by atoms with van der Waals surface area (Å²) in [5.74, 6) is 0. The van der Waals surface area contributed by atoms with Gasteiger partial charge in [-0.1, -0.05) is 19.8 Å².